The molecular formula is C16H26N2. The molecule has 0 aliphatic carbocycles. The van der Waals surface area contributed by atoms with Gasteiger partial charge in [-0.05, 0) is 56.2 Å². The predicted molar refractivity (Wildman–Crippen MR) is 79.2 cm³/mol. The maximum atomic E-state index is 6.03. The van der Waals surface area contributed by atoms with Gasteiger partial charge in [0.15, 0.2) is 0 Å². The van der Waals surface area contributed by atoms with Crippen molar-refractivity contribution in [3.8, 4) is 0 Å². The molecule has 1 heterocycles. The van der Waals surface area contributed by atoms with Crippen molar-refractivity contribution in [3.05, 3.63) is 29.3 Å². The molecule has 0 radical (unpaired) electrons. The quantitative estimate of drug-likeness (QED) is 0.883. The maximum Gasteiger partial charge on any atom is 0.0396 e. The Morgan fingerprint density at radius 3 is 2.56 bits per heavy atom. The van der Waals surface area contributed by atoms with Crippen molar-refractivity contribution < 1.29 is 0 Å². The molecule has 1 aliphatic heterocycles. The fourth-order valence-corrected chi connectivity index (χ4v) is 2.78. The largest absolute Gasteiger partial charge is 0.371 e. The van der Waals surface area contributed by atoms with Crippen molar-refractivity contribution >= 4 is 5.69 Å². The van der Waals surface area contributed by atoms with Crippen molar-refractivity contribution in [1.29, 1.82) is 0 Å². The molecule has 1 aromatic rings. The van der Waals surface area contributed by atoms with Crippen molar-refractivity contribution in [2.24, 2.45) is 5.73 Å². The van der Waals surface area contributed by atoms with Crippen LogP contribution in [0.5, 0.6) is 0 Å². The van der Waals surface area contributed by atoms with Gasteiger partial charge in [0.25, 0.3) is 0 Å². The number of piperidine rings is 1. The fraction of sp³-hybridized carbons (Fsp3) is 0.625. The van der Waals surface area contributed by atoms with Crippen LogP contribution in [0, 0.1) is 6.92 Å². The molecule has 1 saturated heterocycles. The van der Waals surface area contributed by atoms with Gasteiger partial charge in [-0.25, -0.2) is 0 Å². The fourth-order valence-electron chi connectivity index (χ4n) is 2.78. The summed E-state index contributed by atoms with van der Waals surface area (Å²) in [4.78, 5) is 2.53. The summed E-state index contributed by atoms with van der Waals surface area (Å²) < 4.78 is 0. The number of nitrogens with zero attached hydrogens (tertiary/aromatic N) is 1. The summed E-state index contributed by atoms with van der Waals surface area (Å²) in [6.45, 7) is 6.81. The molecular weight excluding hydrogens is 220 g/mol. The Balaban J connectivity index is 2.09. The number of rotatable bonds is 4. The zero-order valence-electron chi connectivity index (χ0n) is 11.8. The van der Waals surface area contributed by atoms with Crippen LogP contribution in [0.1, 0.15) is 43.7 Å². The minimum atomic E-state index is 0.297. The van der Waals surface area contributed by atoms with Gasteiger partial charge in [-0.3, -0.25) is 0 Å². The van der Waals surface area contributed by atoms with Gasteiger partial charge in [0.05, 0.1) is 0 Å². The van der Waals surface area contributed by atoms with Gasteiger partial charge in [0, 0.05) is 24.8 Å². The molecule has 0 saturated carbocycles. The molecule has 1 atom stereocenters. The molecule has 18 heavy (non-hydrogen) atoms. The third-order valence-corrected chi connectivity index (χ3v) is 3.98. The maximum absolute atomic E-state index is 6.03. The third-order valence-electron chi connectivity index (χ3n) is 3.98. The van der Waals surface area contributed by atoms with Crippen LogP contribution >= 0.6 is 0 Å². The second-order valence-corrected chi connectivity index (χ2v) is 5.54. The average molecular weight is 246 g/mol. The lowest BCUT2D eigenvalue weighted by Crippen LogP contribution is -2.30. The first-order valence-electron chi connectivity index (χ1n) is 7.30. The van der Waals surface area contributed by atoms with E-state index in [0.717, 1.165) is 12.8 Å². The average Bonchev–Trinajstić information content (AvgIpc) is 2.40. The van der Waals surface area contributed by atoms with E-state index in [0.29, 0.717) is 6.04 Å². The molecule has 2 heteroatoms. The zero-order valence-corrected chi connectivity index (χ0v) is 11.8. The summed E-state index contributed by atoms with van der Waals surface area (Å²) in [6, 6.07) is 7.16. The summed E-state index contributed by atoms with van der Waals surface area (Å²) in [7, 11) is 0. The van der Waals surface area contributed by atoms with E-state index in [1.165, 1.54) is 49.2 Å². The highest BCUT2D eigenvalue weighted by Gasteiger charge is 2.13. The van der Waals surface area contributed by atoms with Gasteiger partial charge in [-0.1, -0.05) is 19.1 Å². The number of nitrogens with two attached hydrogens (primary N) is 1. The minimum absolute atomic E-state index is 0.297. The van der Waals surface area contributed by atoms with Gasteiger partial charge < -0.3 is 10.6 Å². The Bertz CT molecular complexity index is 381. The van der Waals surface area contributed by atoms with Crippen molar-refractivity contribution in [2.45, 2.75) is 52.0 Å². The molecule has 2 N–H and O–H groups in total. The summed E-state index contributed by atoms with van der Waals surface area (Å²) in [6.07, 6.45) is 6.10. The normalized spacial score (nSPS) is 17.8. The Morgan fingerprint density at radius 2 is 1.94 bits per heavy atom. The SMILES string of the molecule is CCC(N)Cc1ccc(N2CCCCC2)c(C)c1. The Kier molecular flexibility index (Phi) is 4.65. The highest BCUT2D eigenvalue weighted by molar-refractivity contribution is 5.54. The number of anilines is 1. The summed E-state index contributed by atoms with van der Waals surface area (Å²) >= 11 is 0. The molecule has 1 unspecified atom stereocenters. The van der Waals surface area contributed by atoms with Gasteiger partial charge in [-0.2, -0.15) is 0 Å². The van der Waals surface area contributed by atoms with E-state index in [1.807, 2.05) is 0 Å². The first kappa shape index (κ1) is 13.4. The van der Waals surface area contributed by atoms with Crippen LogP contribution in [0.15, 0.2) is 18.2 Å². The van der Waals surface area contributed by atoms with Crippen molar-refractivity contribution in [2.75, 3.05) is 18.0 Å². The molecule has 1 aromatic carbocycles. The lowest BCUT2D eigenvalue weighted by Gasteiger charge is -2.30. The number of hydrogen-bond acceptors (Lipinski definition) is 2. The van der Waals surface area contributed by atoms with Gasteiger partial charge in [0.1, 0.15) is 0 Å². The first-order chi connectivity index (χ1) is 8.70. The number of benzene rings is 1. The monoisotopic (exact) mass is 246 g/mol. The molecule has 1 fully saturated rings. The van der Waals surface area contributed by atoms with E-state index in [9.17, 15) is 0 Å². The van der Waals surface area contributed by atoms with E-state index in [2.05, 4.69) is 36.9 Å². The summed E-state index contributed by atoms with van der Waals surface area (Å²) in [5.41, 5.74) is 10.2. The van der Waals surface area contributed by atoms with Gasteiger partial charge >= 0.3 is 0 Å². The summed E-state index contributed by atoms with van der Waals surface area (Å²) in [5.74, 6) is 0. The van der Waals surface area contributed by atoms with Crippen molar-refractivity contribution in [3.63, 3.8) is 0 Å². The molecule has 0 aromatic heterocycles. The van der Waals surface area contributed by atoms with Crippen LogP contribution in [0.25, 0.3) is 0 Å². The van der Waals surface area contributed by atoms with Crippen LogP contribution in [0.4, 0.5) is 5.69 Å². The zero-order chi connectivity index (χ0) is 13.0. The van der Waals surface area contributed by atoms with Crippen LogP contribution in [0.3, 0.4) is 0 Å². The molecule has 0 amide bonds. The Labute approximate surface area is 111 Å². The van der Waals surface area contributed by atoms with E-state index in [4.69, 9.17) is 5.73 Å². The van der Waals surface area contributed by atoms with Gasteiger partial charge in [0.2, 0.25) is 0 Å². The van der Waals surface area contributed by atoms with E-state index < -0.39 is 0 Å². The van der Waals surface area contributed by atoms with E-state index in [1.54, 1.807) is 0 Å². The molecule has 2 nitrogen and oxygen atoms in total. The van der Waals surface area contributed by atoms with Crippen LogP contribution in [-0.4, -0.2) is 19.1 Å². The highest BCUT2D eigenvalue weighted by atomic mass is 15.1. The minimum Gasteiger partial charge on any atom is -0.371 e. The number of aryl methyl sites for hydroxylation is 1. The second-order valence-electron chi connectivity index (χ2n) is 5.54. The Hall–Kier alpha value is -1.02. The number of hydrogen-bond donors (Lipinski definition) is 1. The molecule has 2 rings (SSSR count). The van der Waals surface area contributed by atoms with Crippen LogP contribution in [0.2, 0.25) is 0 Å². The van der Waals surface area contributed by atoms with Gasteiger partial charge in [-0.15, -0.1) is 0 Å². The lowest BCUT2D eigenvalue weighted by atomic mass is 10.0. The van der Waals surface area contributed by atoms with Crippen molar-refractivity contribution in [1.82, 2.24) is 0 Å². The van der Waals surface area contributed by atoms with E-state index in [-0.39, 0.29) is 0 Å². The molecule has 100 valence electrons. The van der Waals surface area contributed by atoms with E-state index >= 15 is 0 Å². The van der Waals surface area contributed by atoms with Crippen LogP contribution in [-0.2, 0) is 6.42 Å². The van der Waals surface area contributed by atoms with Crippen LogP contribution < -0.4 is 10.6 Å². The summed E-state index contributed by atoms with van der Waals surface area (Å²) in [5, 5.41) is 0. The topological polar surface area (TPSA) is 29.3 Å². The third kappa shape index (κ3) is 3.26. The second kappa shape index (κ2) is 6.24. The molecule has 1 aliphatic rings. The first-order valence-corrected chi connectivity index (χ1v) is 7.30. The molecule has 0 bridgehead atoms. The highest BCUT2D eigenvalue weighted by Crippen LogP contribution is 2.25. The molecule has 0 spiro atoms. The Morgan fingerprint density at radius 1 is 1.22 bits per heavy atom. The standard InChI is InChI=1S/C16H26N2/c1-3-15(17)12-14-7-8-16(13(2)11-14)18-9-5-4-6-10-18/h7-8,11,15H,3-6,9-10,12,17H2,1-2H3. The lowest BCUT2D eigenvalue weighted by molar-refractivity contribution is 0.577. The predicted octanol–water partition coefficient (Wildman–Crippen LogP) is 3.27. The smallest absolute Gasteiger partial charge is 0.0396 e.